The molecule has 9 heteroatoms. The molecule has 0 saturated carbocycles. The lowest BCUT2D eigenvalue weighted by Crippen LogP contribution is -2.39. The fourth-order valence-corrected chi connectivity index (χ4v) is 4.08. The highest BCUT2D eigenvalue weighted by Gasteiger charge is 2.32. The zero-order valence-corrected chi connectivity index (χ0v) is 13.8. The molecular formula is C14H21N3O5S. The molecule has 2 aliphatic rings. The predicted molar refractivity (Wildman–Crippen MR) is 80.4 cm³/mol. The van der Waals surface area contributed by atoms with Crippen molar-refractivity contribution in [2.24, 2.45) is 11.8 Å². The van der Waals surface area contributed by atoms with Crippen molar-refractivity contribution in [2.45, 2.75) is 37.6 Å². The number of aryl methyl sites for hydroxylation is 1. The minimum absolute atomic E-state index is 0.0790. The molecule has 23 heavy (non-hydrogen) atoms. The highest BCUT2D eigenvalue weighted by molar-refractivity contribution is 7.90. The molecule has 0 radical (unpaired) electrons. The Balaban J connectivity index is 1.73. The van der Waals surface area contributed by atoms with Gasteiger partial charge in [0.25, 0.3) is 10.0 Å². The van der Waals surface area contributed by atoms with Crippen LogP contribution in [0.25, 0.3) is 0 Å². The second kappa shape index (κ2) is 6.48. The Morgan fingerprint density at radius 1 is 1.39 bits per heavy atom. The van der Waals surface area contributed by atoms with E-state index < -0.39 is 15.9 Å². The van der Waals surface area contributed by atoms with Gasteiger partial charge in [-0.3, -0.25) is 4.79 Å². The van der Waals surface area contributed by atoms with E-state index in [0.29, 0.717) is 26.4 Å². The lowest BCUT2D eigenvalue weighted by Gasteiger charge is -2.26. The molecule has 1 amide bonds. The number of rotatable bonds is 4. The Kier molecular flexibility index (Phi) is 4.58. The Morgan fingerprint density at radius 3 is 2.87 bits per heavy atom. The quantitative estimate of drug-likeness (QED) is 0.856. The second-order valence-corrected chi connectivity index (χ2v) is 7.60. The van der Waals surface area contributed by atoms with Gasteiger partial charge in [0.15, 0.2) is 4.90 Å². The number of hydrogen-bond donors (Lipinski definition) is 1. The van der Waals surface area contributed by atoms with Crippen LogP contribution in [0.2, 0.25) is 0 Å². The van der Waals surface area contributed by atoms with E-state index in [1.54, 1.807) is 6.92 Å². The molecule has 1 aromatic heterocycles. The molecule has 1 N–H and O–H groups in total. The van der Waals surface area contributed by atoms with Crippen molar-refractivity contribution in [3.8, 4) is 5.88 Å². The largest absolute Gasteiger partial charge is 0.477 e. The molecule has 3 rings (SSSR count). The summed E-state index contributed by atoms with van der Waals surface area (Å²) in [6.45, 7) is 4.03. The van der Waals surface area contributed by atoms with Crippen LogP contribution in [0.1, 0.15) is 26.2 Å². The number of aromatic nitrogens is 2. The van der Waals surface area contributed by atoms with Crippen LogP contribution < -0.4 is 9.46 Å². The number of carbonyl (C=O) groups is 1. The number of carbonyl (C=O) groups excluding carboxylic acids is 1. The van der Waals surface area contributed by atoms with Crippen molar-refractivity contribution in [3.05, 3.63) is 6.20 Å². The molecule has 1 fully saturated rings. The van der Waals surface area contributed by atoms with Gasteiger partial charge in [-0.15, -0.1) is 0 Å². The van der Waals surface area contributed by atoms with E-state index >= 15 is 0 Å². The summed E-state index contributed by atoms with van der Waals surface area (Å²) >= 11 is 0. The van der Waals surface area contributed by atoms with Crippen molar-refractivity contribution in [2.75, 3.05) is 19.8 Å². The van der Waals surface area contributed by atoms with Gasteiger partial charge < -0.3 is 9.47 Å². The van der Waals surface area contributed by atoms with Crippen LogP contribution in [0.15, 0.2) is 11.1 Å². The van der Waals surface area contributed by atoms with E-state index in [0.717, 1.165) is 19.3 Å². The summed E-state index contributed by atoms with van der Waals surface area (Å²) in [5, 5.41) is 4.01. The van der Waals surface area contributed by atoms with E-state index in [1.165, 1.54) is 10.9 Å². The van der Waals surface area contributed by atoms with Crippen molar-refractivity contribution in [3.63, 3.8) is 0 Å². The lowest BCUT2D eigenvalue weighted by molar-refractivity contribution is -0.125. The van der Waals surface area contributed by atoms with Gasteiger partial charge in [0.1, 0.15) is 0 Å². The number of fused-ring (bicyclic) bond motifs is 1. The third kappa shape index (κ3) is 3.35. The van der Waals surface area contributed by atoms with Crippen molar-refractivity contribution in [1.29, 1.82) is 0 Å². The number of nitrogens with zero attached hydrogens (tertiary/aromatic N) is 2. The van der Waals surface area contributed by atoms with E-state index in [9.17, 15) is 13.2 Å². The van der Waals surface area contributed by atoms with Crippen molar-refractivity contribution in [1.82, 2.24) is 14.5 Å². The highest BCUT2D eigenvalue weighted by Crippen LogP contribution is 2.28. The molecule has 0 aliphatic carbocycles. The molecule has 128 valence electrons. The molecule has 2 aliphatic heterocycles. The number of hydrogen-bond acceptors (Lipinski definition) is 6. The normalized spacial score (nSPS) is 20.4. The van der Waals surface area contributed by atoms with Crippen LogP contribution in [-0.4, -0.2) is 43.9 Å². The van der Waals surface area contributed by atoms with Gasteiger partial charge in [0.05, 0.1) is 12.8 Å². The molecule has 0 aromatic carbocycles. The molecule has 1 atom stereocenters. The Morgan fingerprint density at radius 2 is 2.13 bits per heavy atom. The summed E-state index contributed by atoms with van der Waals surface area (Å²) in [7, 11) is -3.98. The van der Waals surface area contributed by atoms with Crippen LogP contribution in [0, 0.1) is 11.8 Å². The summed E-state index contributed by atoms with van der Waals surface area (Å²) in [4.78, 5) is 12.2. The molecule has 8 nitrogen and oxygen atoms in total. The van der Waals surface area contributed by atoms with Crippen molar-refractivity contribution < 1.29 is 22.7 Å². The van der Waals surface area contributed by atoms with E-state index in [2.05, 4.69) is 9.82 Å². The van der Waals surface area contributed by atoms with Gasteiger partial charge in [0, 0.05) is 32.1 Å². The molecule has 0 bridgehead atoms. The maximum absolute atomic E-state index is 12.5. The Labute approximate surface area is 135 Å². The fraction of sp³-hybridized carbons (Fsp3) is 0.714. The van der Waals surface area contributed by atoms with Crippen LogP contribution in [0.5, 0.6) is 5.88 Å². The molecular weight excluding hydrogens is 322 g/mol. The molecule has 1 unspecified atom stereocenters. The number of amides is 1. The first-order valence-electron chi connectivity index (χ1n) is 7.82. The average molecular weight is 343 g/mol. The number of ether oxygens (including phenoxy) is 2. The summed E-state index contributed by atoms with van der Waals surface area (Å²) in [6.07, 6.45) is 3.54. The monoisotopic (exact) mass is 343 g/mol. The zero-order chi connectivity index (χ0) is 16.4. The molecule has 1 aromatic rings. The van der Waals surface area contributed by atoms with Gasteiger partial charge in [-0.05, 0) is 18.8 Å². The SMILES string of the molecule is CC(C(=O)NS(=O)(=O)c1cnn2c1OCCC2)C1CCOCC1. The first kappa shape index (κ1) is 16.3. The highest BCUT2D eigenvalue weighted by atomic mass is 32.2. The maximum Gasteiger partial charge on any atom is 0.271 e. The van der Waals surface area contributed by atoms with Gasteiger partial charge in [-0.25, -0.2) is 17.8 Å². The van der Waals surface area contributed by atoms with E-state index in [-0.39, 0.29) is 22.6 Å². The third-order valence-electron chi connectivity index (χ3n) is 4.42. The van der Waals surface area contributed by atoms with Crippen molar-refractivity contribution >= 4 is 15.9 Å². The fourth-order valence-electron chi connectivity index (χ4n) is 2.94. The second-order valence-electron chi connectivity index (χ2n) is 5.95. The van der Waals surface area contributed by atoms with Crippen LogP contribution in [0.3, 0.4) is 0 Å². The standard InChI is InChI=1S/C14H21N3O5S/c1-10(11-3-7-21-8-4-11)13(18)16-23(19,20)12-9-15-17-5-2-6-22-14(12)17/h9-11H,2-8H2,1H3,(H,16,18). The Hall–Kier alpha value is -1.61. The molecule has 0 spiro atoms. The maximum atomic E-state index is 12.5. The first-order valence-corrected chi connectivity index (χ1v) is 9.30. The topological polar surface area (TPSA) is 99.5 Å². The first-order chi connectivity index (χ1) is 11.0. The molecule has 3 heterocycles. The average Bonchev–Trinajstić information content (AvgIpc) is 2.99. The minimum atomic E-state index is -3.98. The van der Waals surface area contributed by atoms with E-state index in [4.69, 9.17) is 9.47 Å². The van der Waals surface area contributed by atoms with Gasteiger partial charge >= 0.3 is 0 Å². The molecule has 1 saturated heterocycles. The third-order valence-corrected chi connectivity index (χ3v) is 5.75. The van der Waals surface area contributed by atoms with Gasteiger partial charge in [0.2, 0.25) is 11.8 Å². The zero-order valence-electron chi connectivity index (χ0n) is 13.0. The number of nitrogens with one attached hydrogen (secondary N) is 1. The summed E-state index contributed by atoms with van der Waals surface area (Å²) < 4.78 is 39.3. The van der Waals surface area contributed by atoms with Crippen LogP contribution >= 0.6 is 0 Å². The number of sulfonamides is 1. The minimum Gasteiger partial charge on any atom is -0.477 e. The summed E-state index contributed by atoms with van der Waals surface area (Å²) in [5.74, 6) is -0.541. The van der Waals surface area contributed by atoms with E-state index in [1.807, 2.05) is 0 Å². The summed E-state index contributed by atoms with van der Waals surface area (Å²) in [5.41, 5.74) is 0. The smallest absolute Gasteiger partial charge is 0.271 e. The van der Waals surface area contributed by atoms with Crippen LogP contribution in [-0.2, 0) is 26.1 Å². The summed E-state index contributed by atoms with van der Waals surface area (Å²) in [6, 6.07) is 0. The van der Waals surface area contributed by atoms with Gasteiger partial charge in [-0.1, -0.05) is 6.92 Å². The van der Waals surface area contributed by atoms with Crippen LogP contribution in [0.4, 0.5) is 0 Å². The Bertz CT molecular complexity index is 679. The van der Waals surface area contributed by atoms with Gasteiger partial charge in [-0.2, -0.15) is 5.10 Å². The predicted octanol–water partition coefficient (Wildman–Crippen LogP) is 0.533. The lowest BCUT2D eigenvalue weighted by atomic mass is 9.87.